The van der Waals surface area contributed by atoms with Gasteiger partial charge in [0.25, 0.3) is 5.91 Å². The summed E-state index contributed by atoms with van der Waals surface area (Å²) >= 11 is 0. The maximum absolute atomic E-state index is 12.4. The topological polar surface area (TPSA) is 56.8 Å². The van der Waals surface area contributed by atoms with Gasteiger partial charge in [0.1, 0.15) is 17.2 Å². The first-order valence-corrected chi connectivity index (χ1v) is 8.46. The molecule has 1 unspecified atom stereocenters. The average molecular weight is 343 g/mol. The van der Waals surface area contributed by atoms with Crippen LogP contribution in [0.2, 0.25) is 0 Å². The lowest BCUT2D eigenvalue weighted by Crippen LogP contribution is -2.37. The monoisotopic (exact) mass is 343 g/mol. The smallest absolute Gasteiger partial charge is 0.261 e. The number of nitrogens with one attached hydrogen (secondary N) is 1. The first kappa shape index (κ1) is 18.6. The summed E-state index contributed by atoms with van der Waals surface area (Å²) in [7, 11) is 1.61. The molecule has 0 heterocycles. The van der Waals surface area contributed by atoms with Gasteiger partial charge in [0, 0.05) is 6.54 Å². The van der Waals surface area contributed by atoms with Gasteiger partial charge in [-0.2, -0.15) is 0 Å². The highest BCUT2D eigenvalue weighted by molar-refractivity contribution is 5.81. The molecule has 0 saturated carbocycles. The van der Waals surface area contributed by atoms with Crippen molar-refractivity contribution >= 4 is 5.91 Å². The number of benzene rings is 2. The summed E-state index contributed by atoms with van der Waals surface area (Å²) < 4.78 is 16.4. The van der Waals surface area contributed by atoms with Crippen molar-refractivity contribution in [1.29, 1.82) is 0 Å². The maximum Gasteiger partial charge on any atom is 0.261 e. The SMILES string of the molecule is CCOc1cccc(CNC(=O)C(CC)Oc2ccc(OC)cc2)c1. The Kier molecular flexibility index (Phi) is 7.14. The van der Waals surface area contributed by atoms with Crippen molar-refractivity contribution in [2.24, 2.45) is 0 Å². The molecule has 0 radical (unpaired) electrons. The average Bonchev–Trinajstić information content (AvgIpc) is 2.65. The van der Waals surface area contributed by atoms with E-state index in [1.807, 2.05) is 38.1 Å². The summed E-state index contributed by atoms with van der Waals surface area (Å²) in [5, 5.41) is 2.92. The molecular formula is C20H25NO4. The van der Waals surface area contributed by atoms with Crippen LogP contribution in [0.3, 0.4) is 0 Å². The summed E-state index contributed by atoms with van der Waals surface area (Å²) in [6, 6.07) is 14.9. The maximum atomic E-state index is 12.4. The third-order valence-corrected chi connectivity index (χ3v) is 3.68. The molecular weight excluding hydrogens is 318 g/mol. The summed E-state index contributed by atoms with van der Waals surface area (Å²) in [5.41, 5.74) is 0.985. The Hall–Kier alpha value is -2.69. The molecule has 0 aromatic heterocycles. The van der Waals surface area contributed by atoms with Gasteiger partial charge in [0.15, 0.2) is 6.10 Å². The molecule has 0 aliphatic carbocycles. The fourth-order valence-electron chi connectivity index (χ4n) is 2.36. The number of carbonyl (C=O) groups excluding carboxylic acids is 1. The highest BCUT2D eigenvalue weighted by atomic mass is 16.5. The van der Waals surface area contributed by atoms with Crippen LogP contribution in [0, 0.1) is 0 Å². The number of rotatable bonds is 9. The van der Waals surface area contributed by atoms with Crippen LogP contribution in [-0.4, -0.2) is 25.7 Å². The quantitative estimate of drug-likeness (QED) is 0.756. The summed E-state index contributed by atoms with van der Waals surface area (Å²) in [6.45, 7) is 4.91. The van der Waals surface area contributed by atoms with E-state index in [0.717, 1.165) is 17.1 Å². The Morgan fingerprint density at radius 3 is 2.40 bits per heavy atom. The zero-order chi connectivity index (χ0) is 18.1. The third kappa shape index (κ3) is 5.71. The van der Waals surface area contributed by atoms with E-state index in [2.05, 4.69) is 5.32 Å². The zero-order valence-electron chi connectivity index (χ0n) is 15.0. The van der Waals surface area contributed by atoms with Crippen molar-refractivity contribution in [2.75, 3.05) is 13.7 Å². The lowest BCUT2D eigenvalue weighted by Gasteiger charge is -2.17. The molecule has 2 rings (SSSR count). The van der Waals surface area contributed by atoms with Crippen LogP contribution in [0.15, 0.2) is 48.5 Å². The van der Waals surface area contributed by atoms with Gasteiger partial charge in [-0.1, -0.05) is 19.1 Å². The van der Waals surface area contributed by atoms with Crippen LogP contribution in [0.4, 0.5) is 0 Å². The molecule has 134 valence electrons. The number of ether oxygens (including phenoxy) is 3. The van der Waals surface area contributed by atoms with Crippen LogP contribution in [-0.2, 0) is 11.3 Å². The molecule has 0 aliphatic rings. The van der Waals surface area contributed by atoms with E-state index >= 15 is 0 Å². The van der Waals surface area contributed by atoms with Crippen molar-refractivity contribution in [3.05, 3.63) is 54.1 Å². The number of hydrogen-bond donors (Lipinski definition) is 1. The van der Waals surface area contributed by atoms with Crippen LogP contribution in [0.1, 0.15) is 25.8 Å². The third-order valence-electron chi connectivity index (χ3n) is 3.68. The fourth-order valence-corrected chi connectivity index (χ4v) is 2.36. The van der Waals surface area contributed by atoms with E-state index in [1.165, 1.54) is 0 Å². The summed E-state index contributed by atoms with van der Waals surface area (Å²) in [4.78, 5) is 12.4. The molecule has 0 aliphatic heterocycles. The van der Waals surface area contributed by atoms with E-state index in [-0.39, 0.29) is 5.91 Å². The number of methoxy groups -OCH3 is 1. The van der Waals surface area contributed by atoms with Crippen molar-refractivity contribution in [2.45, 2.75) is 32.9 Å². The van der Waals surface area contributed by atoms with Gasteiger partial charge in [-0.05, 0) is 55.3 Å². The second kappa shape index (κ2) is 9.57. The first-order valence-electron chi connectivity index (χ1n) is 8.46. The van der Waals surface area contributed by atoms with Crippen molar-refractivity contribution in [3.8, 4) is 17.2 Å². The van der Waals surface area contributed by atoms with Gasteiger partial charge >= 0.3 is 0 Å². The molecule has 5 nitrogen and oxygen atoms in total. The predicted molar refractivity (Wildman–Crippen MR) is 97.2 cm³/mol. The second-order valence-corrected chi connectivity index (χ2v) is 5.49. The molecule has 1 N–H and O–H groups in total. The number of amides is 1. The minimum absolute atomic E-state index is 0.139. The fraction of sp³-hybridized carbons (Fsp3) is 0.350. The lowest BCUT2D eigenvalue weighted by molar-refractivity contribution is -0.128. The normalized spacial score (nSPS) is 11.5. The van der Waals surface area contributed by atoms with Gasteiger partial charge in [-0.25, -0.2) is 0 Å². The van der Waals surface area contributed by atoms with E-state index in [1.54, 1.807) is 31.4 Å². The van der Waals surface area contributed by atoms with Crippen LogP contribution < -0.4 is 19.5 Å². The van der Waals surface area contributed by atoms with Gasteiger partial charge in [0.05, 0.1) is 13.7 Å². The largest absolute Gasteiger partial charge is 0.497 e. The first-order chi connectivity index (χ1) is 12.2. The Morgan fingerprint density at radius 2 is 1.76 bits per heavy atom. The molecule has 0 saturated heterocycles. The minimum Gasteiger partial charge on any atom is -0.497 e. The predicted octanol–water partition coefficient (Wildman–Crippen LogP) is 3.57. The lowest BCUT2D eigenvalue weighted by atomic mass is 10.2. The molecule has 1 atom stereocenters. The molecule has 1 amide bonds. The van der Waals surface area contributed by atoms with E-state index in [9.17, 15) is 4.79 Å². The standard InChI is InChI=1S/C20H25NO4/c1-4-19(25-17-11-9-16(23-3)10-12-17)20(22)21-14-15-7-6-8-18(13-15)24-5-2/h6-13,19H,4-5,14H2,1-3H3,(H,21,22). The molecule has 25 heavy (non-hydrogen) atoms. The molecule has 2 aromatic carbocycles. The molecule has 5 heteroatoms. The molecule has 0 bridgehead atoms. The highest BCUT2D eigenvalue weighted by Crippen LogP contribution is 2.19. The number of carbonyl (C=O) groups is 1. The van der Waals surface area contributed by atoms with Crippen molar-refractivity contribution in [1.82, 2.24) is 5.32 Å². The van der Waals surface area contributed by atoms with Gasteiger partial charge in [-0.3, -0.25) is 4.79 Å². The Morgan fingerprint density at radius 1 is 1.04 bits per heavy atom. The summed E-state index contributed by atoms with van der Waals surface area (Å²) in [6.07, 6.45) is 0.0418. The minimum atomic E-state index is -0.538. The van der Waals surface area contributed by atoms with Gasteiger partial charge in [-0.15, -0.1) is 0 Å². The van der Waals surface area contributed by atoms with E-state index in [0.29, 0.717) is 25.3 Å². The van der Waals surface area contributed by atoms with Crippen LogP contribution in [0.5, 0.6) is 17.2 Å². The summed E-state index contributed by atoms with van der Waals surface area (Å²) in [5.74, 6) is 2.05. The van der Waals surface area contributed by atoms with Gasteiger partial charge in [0.2, 0.25) is 0 Å². The Labute approximate surface area is 148 Å². The van der Waals surface area contributed by atoms with Crippen molar-refractivity contribution in [3.63, 3.8) is 0 Å². The molecule has 0 spiro atoms. The molecule has 2 aromatic rings. The Bertz CT molecular complexity index is 670. The van der Waals surface area contributed by atoms with E-state index in [4.69, 9.17) is 14.2 Å². The Balaban J connectivity index is 1.91. The second-order valence-electron chi connectivity index (χ2n) is 5.49. The van der Waals surface area contributed by atoms with E-state index < -0.39 is 6.10 Å². The molecule has 0 fully saturated rings. The van der Waals surface area contributed by atoms with Crippen LogP contribution >= 0.6 is 0 Å². The zero-order valence-corrected chi connectivity index (χ0v) is 15.0. The van der Waals surface area contributed by atoms with Crippen molar-refractivity contribution < 1.29 is 19.0 Å². The highest BCUT2D eigenvalue weighted by Gasteiger charge is 2.18. The number of hydrogen-bond acceptors (Lipinski definition) is 4. The van der Waals surface area contributed by atoms with Crippen LogP contribution in [0.25, 0.3) is 0 Å². The van der Waals surface area contributed by atoms with Gasteiger partial charge < -0.3 is 19.5 Å².